The molecule has 1 atom stereocenters. The number of hydrogen-bond acceptors (Lipinski definition) is 2. The van der Waals surface area contributed by atoms with E-state index in [1.807, 2.05) is 0 Å². The zero-order valence-electron chi connectivity index (χ0n) is 8.68. The molecular formula is C9H21BrN2. The topological polar surface area (TPSA) is 6.48 Å². The van der Waals surface area contributed by atoms with Gasteiger partial charge in [-0.15, -0.1) is 0 Å². The molecule has 0 aromatic heterocycles. The van der Waals surface area contributed by atoms with Crippen LogP contribution in [0.15, 0.2) is 0 Å². The second-order valence-electron chi connectivity index (χ2n) is 3.68. The molecule has 0 fully saturated rings. The van der Waals surface area contributed by atoms with Gasteiger partial charge in [0.15, 0.2) is 0 Å². The average Bonchev–Trinajstić information content (AvgIpc) is 1.96. The van der Waals surface area contributed by atoms with Gasteiger partial charge in [0, 0.05) is 17.9 Å². The molecule has 3 heteroatoms. The molecule has 0 bridgehead atoms. The van der Waals surface area contributed by atoms with Gasteiger partial charge in [-0.2, -0.15) is 0 Å². The summed E-state index contributed by atoms with van der Waals surface area (Å²) < 4.78 is 0. The lowest BCUT2D eigenvalue weighted by Crippen LogP contribution is -2.30. The van der Waals surface area contributed by atoms with Crippen LogP contribution in [0.4, 0.5) is 0 Å². The van der Waals surface area contributed by atoms with Gasteiger partial charge in [0.25, 0.3) is 0 Å². The largest absolute Gasteiger partial charge is 0.308 e. The van der Waals surface area contributed by atoms with Crippen molar-refractivity contribution in [3.63, 3.8) is 0 Å². The zero-order valence-corrected chi connectivity index (χ0v) is 10.3. The Kier molecular flexibility index (Phi) is 7.10. The van der Waals surface area contributed by atoms with E-state index in [0.717, 1.165) is 13.1 Å². The predicted molar refractivity (Wildman–Crippen MR) is 59.1 cm³/mol. The fourth-order valence-electron chi connectivity index (χ4n) is 0.881. The molecule has 0 saturated heterocycles. The molecule has 0 aliphatic carbocycles. The SMILES string of the molecule is CC(Br)CCN(C)CCN(C)C. The van der Waals surface area contributed by atoms with Gasteiger partial charge in [-0.25, -0.2) is 0 Å². The van der Waals surface area contributed by atoms with Crippen molar-refractivity contribution < 1.29 is 0 Å². The van der Waals surface area contributed by atoms with Crippen molar-refractivity contribution in [2.24, 2.45) is 0 Å². The molecule has 0 heterocycles. The first kappa shape index (κ1) is 12.4. The van der Waals surface area contributed by atoms with E-state index in [1.54, 1.807) is 0 Å². The van der Waals surface area contributed by atoms with E-state index in [4.69, 9.17) is 0 Å². The van der Waals surface area contributed by atoms with Gasteiger partial charge < -0.3 is 9.80 Å². The van der Waals surface area contributed by atoms with Crippen LogP contribution in [-0.2, 0) is 0 Å². The lowest BCUT2D eigenvalue weighted by Gasteiger charge is -2.19. The maximum atomic E-state index is 3.55. The molecule has 0 aromatic rings. The van der Waals surface area contributed by atoms with E-state index in [-0.39, 0.29) is 0 Å². The number of likely N-dealkylation sites (N-methyl/N-ethyl adjacent to an activating group) is 2. The van der Waals surface area contributed by atoms with Crippen molar-refractivity contribution in [1.29, 1.82) is 0 Å². The maximum Gasteiger partial charge on any atom is 0.0129 e. The Morgan fingerprint density at radius 1 is 1.08 bits per heavy atom. The summed E-state index contributed by atoms with van der Waals surface area (Å²) in [5.41, 5.74) is 0. The summed E-state index contributed by atoms with van der Waals surface area (Å²) in [6, 6.07) is 0. The van der Waals surface area contributed by atoms with Gasteiger partial charge in [0.1, 0.15) is 0 Å². The van der Waals surface area contributed by atoms with Crippen LogP contribution in [0.2, 0.25) is 0 Å². The first-order valence-corrected chi connectivity index (χ1v) is 5.41. The van der Waals surface area contributed by atoms with Crippen LogP contribution in [0.1, 0.15) is 13.3 Å². The summed E-state index contributed by atoms with van der Waals surface area (Å²) >= 11 is 3.55. The Bertz CT molecular complexity index is 92.7. The highest BCUT2D eigenvalue weighted by molar-refractivity contribution is 9.09. The van der Waals surface area contributed by atoms with Crippen LogP contribution >= 0.6 is 15.9 Å². The van der Waals surface area contributed by atoms with Gasteiger partial charge in [0.2, 0.25) is 0 Å². The van der Waals surface area contributed by atoms with E-state index in [1.165, 1.54) is 13.0 Å². The Balaban J connectivity index is 3.27. The third-order valence-corrected chi connectivity index (χ3v) is 2.30. The standard InChI is InChI=1S/C9H21BrN2/c1-9(10)5-6-12(4)8-7-11(2)3/h9H,5-8H2,1-4H3. The van der Waals surface area contributed by atoms with E-state index < -0.39 is 0 Å². The number of halogens is 1. The van der Waals surface area contributed by atoms with Gasteiger partial charge in [0.05, 0.1) is 0 Å². The van der Waals surface area contributed by atoms with Crippen LogP contribution in [0, 0.1) is 0 Å². The second kappa shape index (κ2) is 6.87. The molecule has 0 aliphatic heterocycles. The van der Waals surface area contributed by atoms with Crippen LogP contribution in [0.3, 0.4) is 0 Å². The lowest BCUT2D eigenvalue weighted by molar-refractivity contribution is 0.280. The third-order valence-electron chi connectivity index (χ3n) is 1.84. The Hall–Kier alpha value is 0.400. The summed E-state index contributed by atoms with van der Waals surface area (Å²) in [5, 5.41) is 0. The predicted octanol–water partition coefficient (Wildman–Crippen LogP) is 1.65. The quantitative estimate of drug-likeness (QED) is 0.648. The summed E-state index contributed by atoms with van der Waals surface area (Å²) in [6.45, 7) is 5.68. The van der Waals surface area contributed by atoms with E-state index in [9.17, 15) is 0 Å². The minimum atomic E-state index is 0.638. The molecule has 0 N–H and O–H groups in total. The normalized spacial score (nSPS) is 14.2. The molecule has 0 rings (SSSR count). The first-order valence-electron chi connectivity index (χ1n) is 4.49. The molecular weight excluding hydrogens is 216 g/mol. The maximum absolute atomic E-state index is 3.55. The summed E-state index contributed by atoms with van der Waals surface area (Å²) in [4.78, 5) is 5.23. The lowest BCUT2D eigenvalue weighted by atomic mass is 10.3. The Morgan fingerprint density at radius 2 is 1.67 bits per heavy atom. The van der Waals surface area contributed by atoms with Crippen LogP contribution in [0.25, 0.3) is 0 Å². The number of nitrogens with zero attached hydrogens (tertiary/aromatic N) is 2. The number of hydrogen-bond donors (Lipinski definition) is 0. The van der Waals surface area contributed by atoms with Crippen molar-refractivity contribution in [1.82, 2.24) is 9.80 Å². The fourth-order valence-corrected chi connectivity index (χ4v) is 1.09. The zero-order chi connectivity index (χ0) is 9.56. The second-order valence-corrected chi connectivity index (χ2v) is 5.24. The summed E-state index contributed by atoms with van der Waals surface area (Å²) in [7, 11) is 6.40. The summed E-state index contributed by atoms with van der Waals surface area (Å²) in [6.07, 6.45) is 1.23. The highest BCUT2D eigenvalue weighted by Gasteiger charge is 2.01. The smallest absolute Gasteiger partial charge is 0.0129 e. The average molecular weight is 237 g/mol. The molecule has 1 unspecified atom stereocenters. The van der Waals surface area contributed by atoms with Crippen molar-refractivity contribution in [3.8, 4) is 0 Å². The van der Waals surface area contributed by atoms with E-state index in [2.05, 4.69) is 53.8 Å². The molecule has 2 nitrogen and oxygen atoms in total. The molecule has 0 radical (unpaired) electrons. The van der Waals surface area contributed by atoms with Crippen molar-refractivity contribution in [2.45, 2.75) is 18.2 Å². The molecule has 74 valence electrons. The number of alkyl halides is 1. The van der Waals surface area contributed by atoms with Crippen LogP contribution in [-0.4, -0.2) is 55.4 Å². The van der Waals surface area contributed by atoms with E-state index in [0.29, 0.717) is 4.83 Å². The van der Waals surface area contributed by atoms with Gasteiger partial charge in [-0.1, -0.05) is 22.9 Å². The Labute approximate surface area is 85.0 Å². The van der Waals surface area contributed by atoms with E-state index >= 15 is 0 Å². The molecule has 12 heavy (non-hydrogen) atoms. The van der Waals surface area contributed by atoms with Gasteiger partial charge >= 0.3 is 0 Å². The molecule has 0 aliphatic rings. The molecule has 0 spiro atoms. The van der Waals surface area contributed by atoms with Crippen LogP contribution in [0.5, 0.6) is 0 Å². The van der Waals surface area contributed by atoms with Crippen LogP contribution < -0.4 is 0 Å². The van der Waals surface area contributed by atoms with Crippen molar-refractivity contribution >= 4 is 15.9 Å². The highest BCUT2D eigenvalue weighted by Crippen LogP contribution is 2.03. The molecule has 0 aromatic carbocycles. The van der Waals surface area contributed by atoms with Gasteiger partial charge in [-0.05, 0) is 34.1 Å². The summed E-state index contributed by atoms with van der Waals surface area (Å²) in [5.74, 6) is 0. The minimum absolute atomic E-state index is 0.638. The number of rotatable bonds is 6. The third kappa shape index (κ3) is 8.50. The first-order chi connectivity index (χ1) is 5.52. The Morgan fingerprint density at radius 3 is 2.08 bits per heavy atom. The van der Waals surface area contributed by atoms with Crippen molar-refractivity contribution in [3.05, 3.63) is 0 Å². The van der Waals surface area contributed by atoms with Crippen molar-refractivity contribution in [2.75, 3.05) is 40.8 Å². The monoisotopic (exact) mass is 236 g/mol. The molecule has 0 saturated carbocycles. The minimum Gasteiger partial charge on any atom is -0.308 e. The van der Waals surface area contributed by atoms with Gasteiger partial charge in [-0.3, -0.25) is 0 Å². The molecule has 0 amide bonds. The fraction of sp³-hybridized carbons (Fsp3) is 1.00. The highest BCUT2D eigenvalue weighted by atomic mass is 79.9.